The summed E-state index contributed by atoms with van der Waals surface area (Å²) < 4.78 is 7.10. The van der Waals surface area contributed by atoms with Gasteiger partial charge in [0.2, 0.25) is 0 Å². The molecule has 0 saturated carbocycles. The van der Waals surface area contributed by atoms with Crippen molar-refractivity contribution in [2.45, 2.75) is 32.9 Å². The number of ether oxygens (including phenoxy) is 1. The van der Waals surface area contributed by atoms with Gasteiger partial charge in [-0.2, -0.15) is 0 Å². The van der Waals surface area contributed by atoms with Crippen LogP contribution in [0.4, 0.5) is 0 Å². The Bertz CT molecular complexity index is 936. The first kappa shape index (κ1) is 16.4. The van der Waals surface area contributed by atoms with Crippen molar-refractivity contribution in [2.24, 2.45) is 0 Å². The van der Waals surface area contributed by atoms with Crippen LogP contribution in [0.15, 0.2) is 47.5 Å². The molecule has 0 fully saturated rings. The number of carbonyl (C=O) groups excluding carboxylic acids is 1. The van der Waals surface area contributed by atoms with Crippen molar-refractivity contribution in [1.29, 1.82) is 0 Å². The highest BCUT2D eigenvalue weighted by atomic mass is 32.1. The number of carbonyl (C=O) groups is 1. The van der Waals surface area contributed by atoms with Gasteiger partial charge >= 0.3 is 5.97 Å². The van der Waals surface area contributed by atoms with Gasteiger partial charge in [0, 0.05) is 4.88 Å². The fourth-order valence-electron chi connectivity index (χ4n) is 2.32. The van der Waals surface area contributed by atoms with E-state index in [9.17, 15) is 9.59 Å². The van der Waals surface area contributed by atoms with Gasteiger partial charge in [0.15, 0.2) is 0 Å². The number of hydrogen-bond acceptors (Lipinski definition) is 5. The van der Waals surface area contributed by atoms with Gasteiger partial charge < -0.3 is 4.74 Å². The minimum absolute atomic E-state index is 0.141. The Balaban J connectivity index is 1.94. The molecule has 0 atom stereocenters. The van der Waals surface area contributed by atoms with Crippen LogP contribution in [0.1, 0.15) is 20.8 Å². The van der Waals surface area contributed by atoms with Gasteiger partial charge in [-0.3, -0.25) is 14.2 Å². The van der Waals surface area contributed by atoms with Crippen LogP contribution in [0.2, 0.25) is 0 Å². The lowest BCUT2D eigenvalue weighted by Crippen LogP contribution is -2.30. The molecule has 1 aromatic carbocycles. The van der Waals surface area contributed by atoms with Crippen LogP contribution in [0.5, 0.6) is 0 Å². The second-order valence-electron chi connectivity index (χ2n) is 6.46. The molecule has 0 N–H and O–H groups in total. The fraction of sp³-hybridized carbons (Fsp3) is 0.278. The zero-order valence-electron chi connectivity index (χ0n) is 13.8. The molecule has 0 radical (unpaired) electrons. The summed E-state index contributed by atoms with van der Waals surface area (Å²) in [6.45, 7) is 5.24. The topological polar surface area (TPSA) is 61.2 Å². The smallest absolute Gasteiger partial charge is 0.326 e. The Morgan fingerprint density at radius 2 is 1.96 bits per heavy atom. The van der Waals surface area contributed by atoms with Crippen molar-refractivity contribution < 1.29 is 9.53 Å². The number of thiophene rings is 1. The van der Waals surface area contributed by atoms with Crippen molar-refractivity contribution in [3.8, 4) is 10.4 Å². The third-order valence-electron chi connectivity index (χ3n) is 3.28. The van der Waals surface area contributed by atoms with Gasteiger partial charge in [0.1, 0.15) is 16.8 Å². The molecule has 24 heavy (non-hydrogen) atoms. The van der Waals surface area contributed by atoms with E-state index in [4.69, 9.17) is 4.74 Å². The largest absolute Gasteiger partial charge is 0.459 e. The third-order valence-corrected chi connectivity index (χ3v) is 4.44. The first-order valence-corrected chi connectivity index (χ1v) is 8.41. The number of benzene rings is 1. The summed E-state index contributed by atoms with van der Waals surface area (Å²) in [6, 6.07) is 11.7. The first-order chi connectivity index (χ1) is 11.3. The van der Waals surface area contributed by atoms with E-state index in [-0.39, 0.29) is 12.1 Å². The maximum absolute atomic E-state index is 12.6. The minimum Gasteiger partial charge on any atom is -0.459 e. The minimum atomic E-state index is -0.582. The van der Waals surface area contributed by atoms with E-state index in [0.717, 1.165) is 10.4 Å². The molecule has 3 aromatic rings. The highest BCUT2D eigenvalue weighted by Gasteiger charge is 2.18. The zero-order valence-corrected chi connectivity index (χ0v) is 14.6. The van der Waals surface area contributed by atoms with Crippen LogP contribution in [0.3, 0.4) is 0 Å². The van der Waals surface area contributed by atoms with Gasteiger partial charge in [-0.05, 0) is 32.4 Å². The van der Waals surface area contributed by atoms with Gasteiger partial charge in [0.25, 0.3) is 5.56 Å². The molecule has 124 valence electrons. The number of fused-ring (bicyclic) bond motifs is 1. The van der Waals surface area contributed by atoms with Crippen LogP contribution < -0.4 is 5.56 Å². The molecule has 0 aliphatic carbocycles. The second-order valence-corrected chi connectivity index (χ2v) is 7.51. The highest BCUT2D eigenvalue weighted by molar-refractivity contribution is 7.22. The Morgan fingerprint density at radius 3 is 2.62 bits per heavy atom. The summed E-state index contributed by atoms with van der Waals surface area (Å²) in [5.74, 6) is -0.453. The molecule has 5 nitrogen and oxygen atoms in total. The van der Waals surface area contributed by atoms with E-state index in [2.05, 4.69) is 4.98 Å². The summed E-state index contributed by atoms with van der Waals surface area (Å²) in [6.07, 6.45) is 1.40. The van der Waals surface area contributed by atoms with Crippen LogP contribution in [0, 0.1) is 0 Å². The van der Waals surface area contributed by atoms with Crippen molar-refractivity contribution in [1.82, 2.24) is 9.55 Å². The summed E-state index contributed by atoms with van der Waals surface area (Å²) in [4.78, 5) is 29.8. The summed E-state index contributed by atoms with van der Waals surface area (Å²) in [5, 5.41) is 0. The lowest BCUT2D eigenvalue weighted by molar-refractivity contribution is -0.155. The zero-order chi connectivity index (χ0) is 17.3. The monoisotopic (exact) mass is 342 g/mol. The fourth-order valence-corrected chi connectivity index (χ4v) is 3.38. The molecule has 0 aliphatic rings. The normalized spacial score (nSPS) is 11.6. The molecule has 0 spiro atoms. The maximum atomic E-state index is 12.6. The molecule has 0 amide bonds. The average molecular weight is 342 g/mol. The molecule has 6 heteroatoms. The molecule has 0 bridgehead atoms. The number of rotatable bonds is 3. The number of nitrogens with zero attached hydrogens (tertiary/aromatic N) is 2. The molecule has 0 saturated heterocycles. The molecular weight excluding hydrogens is 324 g/mol. The molecule has 2 heterocycles. The quantitative estimate of drug-likeness (QED) is 0.684. The molecule has 0 aliphatic heterocycles. The highest BCUT2D eigenvalue weighted by Crippen LogP contribution is 2.30. The van der Waals surface area contributed by atoms with E-state index in [1.165, 1.54) is 22.2 Å². The van der Waals surface area contributed by atoms with E-state index in [0.29, 0.717) is 10.2 Å². The summed E-state index contributed by atoms with van der Waals surface area (Å²) in [7, 11) is 0. The molecular formula is C18H18N2O3S. The van der Waals surface area contributed by atoms with Gasteiger partial charge in [-0.1, -0.05) is 30.3 Å². The SMILES string of the molecule is CC(C)(C)OC(=O)Cn1cnc2cc(-c3ccccc3)sc2c1=O. The van der Waals surface area contributed by atoms with E-state index in [1.54, 1.807) is 20.8 Å². The molecule has 3 rings (SSSR count). The second kappa shape index (κ2) is 6.20. The maximum Gasteiger partial charge on any atom is 0.326 e. The Hall–Kier alpha value is -2.47. The summed E-state index contributed by atoms with van der Waals surface area (Å²) in [5.41, 5.74) is 0.877. The Morgan fingerprint density at radius 1 is 1.25 bits per heavy atom. The van der Waals surface area contributed by atoms with Gasteiger partial charge in [0.05, 0.1) is 11.8 Å². The van der Waals surface area contributed by atoms with E-state index >= 15 is 0 Å². The predicted octanol–water partition coefficient (Wildman–Crippen LogP) is 3.47. The lowest BCUT2D eigenvalue weighted by atomic mass is 10.2. The van der Waals surface area contributed by atoms with Crippen molar-refractivity contribution in [3.05, 3.63) is 53.1 Å². The van der Waals surface area contributed by atoms with E-state index in [1.807, 2.05) is 36.4 Å². The van der Waals surface area contributed by atoms with E-state index < -0.39 is 11.6 Å². The number of esters is 1. The van der Waals surface area contributed by atoms with Crippen LogP contribution >= 0.6 is 11.3 Å². The lowest BCUT2D eigenvalue weighted by Gasteiger charge is -2.19. The number of aromatic nitrogens is 2. The average Bonchev–Trinajstić information content (AvgIpc) is 2.94. The molecule has 0 unspecified atom stereocenters. The molecule has 2 aromatic heterocycles. The van der Waals surface area contributed by atoms with Crippen molar-refractivity contribution in [2.75, 3.05) is 0 Å². The van der Waals surface area contributed by atoms with Gasteiger partial charge in [-0.25, -0.2) is 4.98 Å². The summed E-state index contributed by atoms with van der Waals surface area (Å²) >= 11 is 1.38. The van der Waals surface area contributed by atoms with Crippen molar-refractivity contribution in [3.63, 3.8) is 0 Å². The predicted molar refractivity (Wildman–Crippen MR) is 95.2 cm³/mol. The van der Waals surface area contributed by atoms with Crippen LogP contribution in [0.25, 0.3) is 20.7 Å². The first-order valence-electron chi connectivity index (χ1n) is 7.60. The third kappa shape index (κ3) is 3.54. The van der Waals surface area contributed by atoms with Gasteiger partial charge in [-0.15, -0.1) is 11.3 Å². The van der Waals surface area contributed by atoms with Crippen LogP contribution in [-0.4, -0.2) is 21.1 Å². The number of hydrogen-bond donors (Lipinski definition) is 0. The Labute approximate surface area is 143 Å². The van der Waals surface area contributed by atoms with Crippen molar-refractivity contribution >= 4 is 27.5 Å². The van der Waals surface area contributed by atoms with Crippen LogP contribution in [-0.2, 0) is 16.1 Å². The Kier molecular flexibility index (Phi) is 4.24. The standard InChI is InChI=1S/C18H18N2O3S/c1-18(2,3)23-15(21)10-20-11-19-13-9-14(24-16(13)17(20)22)12-7-5-4-6-8-12/h4-9,11H,10H2,1-3H3.